The Morgan fingerprint density at radius 3 is 1.42 bits per heavy atom. The quantitative estimate of drug-likeness (QED) is 0.0269. The summed E-state index contributed by atoms with van der Waals surface area (Å²) in [4.78, 5) is 34.8. The van der Waals surface area contributed by atoms with Crippen LogP contribution in [-0.2, 0) is 32.7 Å². The number of unbranched alkanes of at least 4 members (excludes halogenated alkanes) is 27. The summed E-state index contributed by atoms with van der Waals surface area (Å²) in [6, 6.07) is 0. The van der Waals surface area contributed by atoms with Gasteiger partial charge in [-0.1, -0.05) is 187 Å². The molecule has 0 aromatic rings. The number of phosphoric ester groups is 1. The first kappa shape index (κ1) is 51.8. The van der Waals surface area contributed by atoms with Crippen LogP contribution in [0.25, 0.3) is 0 Å². The molecule has 314 valence electrons. The lowest BCUT2D eigenvalue weighted by molar-refractivity contribution is -0.161. The van der Waals surface area contributed by atoms with Gasteiger partial charge in [0, 0.05) is 19.4 Å². The van der Waals surface area contributed by atoms with E-state index in [1.165, 1.54) is 128 Å². The third kappa shape index (κ3) is 40.2. The largest absolute Gasteiger partial charge is 0.472 e. The lowest BCUT2D eigenvalue weighted by Crippen LogP contribution is -2.29. The normalized spacial score (nSPS) is 13.4. The van der Waals surface area contributed by atoms with Crippen molar-refractivity contribution in [2.45, 2.75) is 225 Å². The highest BCUT2D eigenvalue weighted by atomic mass is 31.2. The first-order valence-electron chi connectivity index (χ1n) is 22.2. The second kappa shape index (κ2) is 40.4. The number of ether oxygens (including phenoxy) is 2. The zero-order valence-electron chi connectivity index (χ0n) is 34.5. The Morgan fingerprint density at radius 2 is 0.962 bits per heavy atom. The van der Waals surface area contributed by atoms with Crippen molar-refractivity contribution < 1.29 is 37.6 Å². The summed E-state index contributed by atoms with van der Waals surface area (Å²) < 4.78 is 32.7. The molecule has 0 saturated carbocycles. The topological polar surface area (TPSA) is 134 Å². The van der Waals surface area contributed by atoms with Crippen LogP contribution in [0.4, 0.5) is 0 Å². The van der Waals surface area contributed by atoms with Crippen molar-refractivity contribution in [1.29, 1.82) is 0 Å². The highest BCUT2D eigenvalue weighted by molar-refractivity contribution is 7.47. The molecule has 10 heteroatoms. The standard InChI is InChI=1S/C43H84NO8P/c1-3-5-7-9-11-13-15-16-17-18-19-20-21-22-23-24-25-26-28-29-31-33-35-42(45)49-39-41(40-51-53(47,48)50-38-37-44)52-43(46)36-34-32-30-27-14-12-10-8-6-4-2/h8,10,41H,3-7,9,11-40,44H2,1-2H3,(H,47,48)/b10-8-. The first-order chi connectivity index (χ1) is 25.8. The van der Waals surface area contributed by atoms with E-state index < -0.39 is 26.5 Å². The summed E-state index contributed by atoms with van der Waals surface area (Å²) in [6.45, 7) is 3.68. The van der Waals surface area contributed by atoms with Gasteiger partial charge < -0.3 is 20.1 Å². The van der Waals surface area contributed by atoms with Crippen molar-refractivity contribution in [2.24, 2.45) is 5.73 Å². The van der Waals surface area contributed by atoms with Gasteiger partial charge in [0.2, 0.25) is 0 Å². The maximum atomic E-state index is 12.5. The zero-order valence-corrected chi connectivity index (χ0v) is 35.4. The molecule has 0 rings (SSSR count). The molecule has 0 fully saturated rings. The fourth-order valence-corrected chi connectivity index (χ4v) is 7.11. The van der Waals surface area contributed by atoms with Crippen LogP contribution in [0.2, 0.25) is 0 Å². The average molecular weight is 774 g/mol. The van der Waals surface area contributed by atoms with E-state index >= 15 is 0 Å². The molecule has 0 aromatic carbocycles. The van der Waals surface area contributed by atoms with Gasteiger partial charge in [-0.2, -0.15) is 0 Å². The summed E-state index contributed by atoms with van der Waals surface area (Å²) in [7, 11) is -4.37. The number of carbonyl (C=O) groups is 2. The van der Waals surface area contributed by atoms with Gasteiger partial charge in [-0.3, -0.25) is 18.6 Å². The molecule has 2 unspecified atom stereocenters. The average Bonchev–Trinajstić information content (AvgIpc) is 3.14. The number of rotatable bonds is 42. The van der Waals surface area contributed by atoms with E-state index in [2.05, 4.69) is 26.0 Å². The van der Waals surface area contributed by atoms with E-state index in [4.69, 9.17) is 24.3 Å². The number of allylic oxidation sites excluding steroid dienone is 2. The SMILES string of the molecule is CCC/C=C\CCCCCCCC(=O)OC(COC(=O)CCCCCCCCCCCCCCCCCCCCCCCC)COP(=O)(O)OCCN. The second-order valence-electron chi connectivity index (χ2n) is 14.9. The van der Waals surface area contributed by atoms with Crippen molar-refractivity contribution in [2.75, 3.05) is 26.4 Å². The maximum Gasteiger partial charge on any atom is 0.472 e. The Bertz CT molecular complexity index is 886. The van der Waals surface area contributed by atoms with E-state index in [-0.39, 0.29) is 38.6 Å². The Kier molecular flexibility index (Phi) is 39.5. The van der Waals surface area contributed by atoms with E-state index in [1.54, 1.807) is 0 Å². The lowest BCUT2D eigenvalue weighted by atomic mass is 10.0. The molecule has 0 amide bonds. The van der Waals surface area contributed by atoms with Gasteiger partial charge in [0.15, 0.2) is 6.10 Å². The number of hydrogen-bond acceptors (Lipinski definition) is 8. The van der Waals surface area contributed by atoms with Crippen molar-refractivity contribution in [3.63, 3.8) is 0 Å². The summed E-state index contributed by atoms with van der Waals surface area (Å²) in [5.41, 5.74) is 5.34. The summed E-state index contributed by atoms with van der Waals surface area (Å²) in [5, 5.41) is 0. The molecule has 2 atom stereocenters. The minimum absolute atomic E-state index is 0.0546. The lowest BCUT2D eigenvalue weighted by Gasteiger charge is -2.19. The molecule has 0 aliphatic heterocycles. The molecule has 9 nitrogen and oxygen atoms in total. The molecular weight excluding hydrogens is 689 g/mol. The molecular formula is C43H84NO8P. The van der Waals surface area contributed by atoms with Crippen LogP contribution in [0.3, 0.4) is 0 Å². The van der Waals surface area contributed by atoms with Gasteiger partial charge in [0.1, 0.15) is 6.61 Å². The Morgan fingerprint density at radius 1 is 0.547 bits per heavy atom. The minimum Gasteiger partial charge on any atom is -0.462 e. The van der Waals surface area contributed by atoms with E-state index in [1.807, 2.05) is 0 Å². The summed E-state index contributed by atoms with van der Waals surface area (Å²) >= 11 is 0. The van der Waals surface area contributed by atoms with Crippen LogP contribution >= 0.6 is 7.82 Å². The zero-order chi connectivity index (χ0) is 38.9. The van der Waals surface area contributed by atoms with Crippen LogP contribution in [0.1, 0.15) is 219 Å². The number of carbonyl (C=O) groups excluding carboxylic acids is 2. The van der Waals surface area contributed by atoms with E-state index in [0.717, 1.165) is 57.8 Å². The van der Waals surface area contributed by atoms with Crippen LogP contribution < -0.4 is 5.73 Å². The fraction of sp³-hybridized carbons (Fsp3) is 0.907. The molecule has 0 spiro atoms. The minimum atomic E-state index is -4.37. The third-order valence-corrected chi connectivity index (χ3v) is 10.6. The number of nitrogens with two attached hydrogens (primary N) is 1. The molecule has 0 heterocycles. The Labute approximate surface area is 326 Å². The van der Waals surface area contributed by atoms with Crippen molar-refractivity contribution in [3.05, 3.63) is 12.2 Å². The molecule has 0 saturated heterocycles. The highest BCUT2D eigenvalue weighted by Gasteiger charge is 2.26. The monoisotopic (exact) mass is 774 g/mol. The molecule has 0 radical (unpaired) electrons. The van der Waals surface area contributed by atoms with Crippen LogP contribution in [0.15, 0.2) is 12.2 Å². The van der Waals surface area contributed by atoms with Crippen molar-refractivity contribution in [3.8, 4) is 0 Å². The van der Waals surface area contributed by atoms with Crippen LogP contribution in [-0.4, -0.2) is 49.3 Å². The van der Waals surface area contributed by atoms with Gasteiger partial charge in [-0.05, 0) is 32.1 Å². The molecule has 0 aliphatic rings. The summed E-state index contributed by atoms with van der Waals surface area (Å²) in [6.07, 6.45) is 41.2. The molecule has 0 bridgehead atoms. The molecule has 53 heavy (non-hydrogen) atoms. The second-order valence-corrected chi connectivity index (χ2v) is 16.4. The molecule has 3 N–H and O–H groups in total. The smallest absolute Gasteiger partial charge is 0.462 e. The Balaban J connectivity index is 3.97. The van der Waals surface area contributed by atoms with Gasteiger partial charge in [-0.15, -0.1) is 0 Å². The van der Waals surface area contributed by atoms with Crippen LogP contribution in [0, 0.1) is 0 Å². The predicted molar refractivity (Wildman–Crippen MR) is 220 cm³/mol. The van der Waals surface area contributed by atoms with E-state index in [0.29, 0.717) is 6.42 Å². The highest BCUT2D eigenvalue weighted by Crippen LogP contribution is 2.43. The van der Waals surface area contributed by atoms with Crippen LogP contribution in [0.5, 0.6) is 0 Å². The van der Waals surface area contributed by atoms with Gasteiger partial charge in [-0.25, -0.2) is 4.57 Å². The third-order valence-electron chi connectivity index (χ3n) is 9.63. The summed E-state index contributed by atoms with van der Waals surface area (Å²) in [5.74, 6) is -0.831. The number of phosphoric acid groups is 1. The van der Waals surface area contributed by atoms with Crippen molar-refractivity contribution in [1.82, 2.24) is 0 Å². The molecule has 0 aliphatic carbocycles. The van der Waals surface area contributed by atoms with Gasteiger partial charge >= 0.3 is 19.8 Å². The number of esters is 2. The van der Waals surface area contributed by atoms with Gasteiger partial charge in [0.05, 0.1) is 13.2 Å². The fourth-order valence-electron chi connectivity index (χ4n) is 6.34. The van der Waals surface area contributed by atoms with E-state index in [9.17, 15) is 19.0 Å². The van der Waals surface area contributed by atoms with Crippen molar-refractivity contribution >= 4 is 19.8 Å². The van der Waals surface area contributed by atoms with Gasteiger partial charge in [0.25, 0.3) is 0 Å². The maximum absolute atomic E-state index is 12.5. The predicted octanol–water partition coefficient (Wildman–Crippen LogP) is 12.6. The number of hydrogen-bond donors (Lipinski definition) is 2. The first-order valence-corrected chi connectivity index (χ1v) is 23.7. The Hall–Kier alpha value is -1.25. The molecule has 0 aromatic heterocycles.